The molecule has 4 rings (SSSR count). The molecule has 0 bridgehead atoms. The third kappa shape index (κ3) is 4.64. The van der Waals surface area contributed by atoms with Gasteiger partial charge in [-0.3, -0.25) is 9.36 Å². The highest BCUT2D eigenvalue weighted by Crippen LogP contribution is 2.28. The number of benzene rings is 2. The summed E-state index contributed by atoms with van der Waals surface area (Å²) in [5, 5.41) is 2.81. The van der Waals surface area contributed by atoms with E-state index in [1.54, 1.807) is 37.4 Å². The van der Waals surface area contributed by atoms with E-state index in [1.165, 1.54) is 34.2 Å². The van der Waals surface area contributed by atoms with Crippen LogP contribution in [0, 0.1) is 6.92 Å². The number of ether oxygens (including phenoxy) is 1. The Bertz CT molecular complexity index is 1350. The lowest BCUT2D eigenvalue weighted by molar-refractivity contribution is 0.102. The van der Waals surface area contributed by atoms with Crippen LogP contribution < -0.4 is 15.7 Å². The number of H-pyrrole nitrogens is 1. The Morgan fingerprint density at radius 3 is 2.41 bits per heavy atom. The summed E-state index contributed by atoms with van der Waals surface area (Å²) in [6, 6.07) is 11.2. The molecule has 1 amide bonds. The van der Waals surface area contributed by atoms with E-state index in [4.69, 9.17) is 4.74 Å². The summed E-state index contributed by atoms with van der Waals surface area (Å²) < 4.78 is 34.8. The van der Waals surface area contributed by atoms with Crippen molar-refractivity contribution in [1.82, 2.24) is 13.9 Å². The maximum absolute atomic E-state index is 13.3. The largest absolute Gasteiger partial charge is 0.496 e. The molecular formula is C24H28N4O5S. The van der Waals surface area contributed by atoms with Gasteiger partial charge < -0.3 is 15.0 Å². The second kappa shape index (κ2) is 9.86. The molecule has 10 heteroatoms. The van der Waals surface area contributed by atoms with Crippen LogP contribution in [-0.4, -0.2) is 48.4 Å². The highest BCUT2D eigenvalue weighted by atomic mass is 32.2. The van der Waals surface area contributed by atoms with Crippen LogP contribution in [0.15, 0.2) is 58.4 Å². The van der Waals surface area contributed by atoms with Gasteiger partial charge in [0, 0.05) is 25.0 Å². The minimum absolute atomic E-state index is 0.0475. The highest BCUT2D eigenvalue weighted by molar-refractivity contribution is 7.89. The average Bonchev–Trinajstić information content (AvgIpc) is 3.02. The van der Waals surface area contributed by atoms with E-state index in [1.807, 2.05) is 0 Å². The molecule has 2 N–H and O–H groups in total. The van der Waals surface area contributed by atoms with E-state index in [2.05, 4.69) is 10.3 Å². The second-order valence-corrected chi connectivity index (χ2v) is 10.2. The third-order valence-corrected chi connectivity index (χ3v) is 7.87. The molecule has 1 aliphatic heterocycles. The molecule has 0 atom stereocenters. The van der Waals surface area contributed by atoms with E-state index in [-0.39, 0.29) is 21.9 Å². The zero-order valence-corrected chi connectivity index (χ0v) is 20.0. The average molecular weight is 485 g/mol. The van der Waals surface area contributed by atoms with Gasteiger partial charge in [0.25, 0.3) is 5.91 Å². The molecule has 1 aromatic heterocycles. The first-order valence-corrected chi connectivity index (χ1v) is 12.6. The van der Waals surface area contributed by atoms with Gasteiger partial charge in [0.05, 0.1) is 28.9 Å². The van der Waals surface area contributed by atoms with E-state index in [9.17, 15) is 18.0 Å². The summed E-state index contributed by atoms with van der Waals surface area (Å²) in [6.45, 7) is 2.71. The van der Waals surface area contributed by atoms with Crippen molar-refractivity contribution >= 4 is 21.6 Å². The molecule has 0 aliphatic carbocycles. The number of carbonyl (C=O) groups is 1. The molecule has 0 spiro atoms. The van der Waals surface area contributed by atoms with Gasteiger partial charge in [-0.05, 0) is 50.1 Å². The van der Waals surface area contributed by atoms with Crippen LogP contribution >= 0.6 is 0 Å². The zero-order valence-electron chi connectivity index (χ0n) is 19.2. The fourth-order valence-corrected chi connectivity index (χ4v) is 5.72. The second-order valence-electron chi connectivity index (χ2n) is 8.22. The van der Waals surface area contributed by atoms with Gasteiger partial charge in [0.1, 0.15) is 5.75 Å². The smallest absolute Gasteiger partial charge is 0.330 e. The fourth-order valence-electron chi connectivity index (χ4n) is 4.17. The predicted octanol–water partition coefficient (Wildman–Crippen LogP) is 3.30. The predicted molar refractivity (Wildman–Crippen MR) is 129 cm³/mol. The number of imidazole rings is 1. The Morgan fingerprint density at radius 2 is 1.76 bits per heavy atom. The molecule has 1 aliphatic rings. The van der Waals surface area contributed by atoms with Crippen molar-refractivity contribution in [2.24, 2.45) is 0 Å². The number of aromatic nitrogens is 2. The van der Waals surface area contributed by atoms with E-state index in [0.717, 1.165) is 25.7 Å². The van der Waals surface area contributed by atoms with Crippen LogP contribution in [0.4, 0.5) is 5.69 Å². The van der Waals surface area contributed by atoms with E-state index >= 15 is 0 Å². The lowest BCUT2D eigenvalue weighted by atomic mass is 10.1. The summed E-state index contributed by atoms with van der Waals surface area (Å²) in [4.78, 5) is 28.3. The molecule has 1 fully saturated rings. The number of aryl methyl sites for hydroxylation is 1. The van der Waals surface area contributed by atoms with Gasteiger partial charge >= 0.3 is 5.69 Å². The number of nitrogens with one attached hydrogen (secondary N) is 2. The minimum Gasteiger partial charge on any atom is -0.496 e. The number of aromatic amines is 1. The fraction of sp³-hybridized carbons (Fsp3) is 0.333. The molecule has 1 saturated heterocycles. The van der Waals surface area contributed by atoms with Crippen molar-refractivity contribution in [3.63, 3.8) is 0 Å². The van der Waals surface area contributed by atoms with Crippen molar-refractivity contribution in [2.45, 2.75) is 37.5 Å². The summed E-state index contributed by atoms with van der Waals surface area (Å²) in [5.41, 5.74) is 1.33. The Kier molecular flexibility index (Phi) is 6.90. The maximum Gasteiger partial charge on any atom is 0.330 e. The molecule has 2 aromatic carbocycles. The molecule has 3 aromatic rings. The SMILES string of the molecule is COc1ccc(S(=O)(=O)N2CCCCCC2)cc1C(=O)Nc1ccccc1-n1c(C)c[nH]c1=O. The van der Waals surface area contributed by atoms with Crippen LogP contribution in [0.3, 0.4) is 0 Å². The number of para-hydroxylation sites is 2. The number of hydrogen-bond donors (Lipinski definition) is 2. The normalized spacial score (nSPS) is 15.0. The molecule has 0 saturated carbocycles. The Hall–Kier alpha value is -3.37. The van der Waals surface area contributed by atoms with Gasteiger partial charge in [-0.1, -0.05) is 25.0 Å². The van der Waals surface area contributed by atoms with E-state index < -0.39 is 15.9 Å². The van der Waals surface area contributed by atoms with Crippen molar-refractivity contribution < 1.29 is 17.9 Å². The number of hydrogen-bond acceptors (Lipinski definition) is 5. The number of carbonyl (C=O) groups excluding carboxylic acids is 1. The molecule has 2 heterocycles. The first-order chi connectivity index (χ1) is 16.3. The van der Waals surface area contributed by atoms with E-state index in [0.29, 0.717) is 30.2 Å². The lowest BCUT2D eigenvalue weighted by Gasteiger charge is -2.21. The van der Waals surface area contributed by atoms with Crippen molar-refractivity contribution in [2.75, 3.05) is 25.5 Å². The maximum atomic E-state index is 13.3. The van der Waals surface area contributed by atoms with Gasteiger partial charge in [-0.2, -0.15) is 4.31 Å². The van der Waals surface area contributed by atoms with Gasteiger partial charge in [-0.15, -0.1) is 0 Å². The van der Waals surface area contributed by atoms with Gasteiger partial charge in [0.2, 0.25) is 10.0 Å². The first-order valence-electron chi connectivity index (χ1n) is 11.2. The monoisotopic (exact) mass is 484 g/mol. The summed E-state index contributed by atoms with van der Waals surface area (Å²) in [6.07, 6.45) is 5.23. The Morgan fingerprint density at radius 1 is 1.06 bits per heavy atom. The topological polar surface area (TPSA) is 114 Å². The standard InChI is InChI=1S/C24H28N4O5S/c1-17-16-25-24(30)28(17)21-10-6-5-9-20(21)26-23(29)19-15-18(11-12-22(19)33-2)34(31,32)27-13-7-3-4-8-14-27/h5-6,9-12,15-16H,3-4,7-8,13-14H2,1-2H3,(H,25,30)(H,26,29). The molecule has 34 heavy (non-hydrogen) atoms. The number of anilines is 1. The molecule has 180 valence electrons. The molecule has 0 unspecified atom stereocenters. The first kappa shape index (κ1) is 23.8. The molecular weight excluding hydrogens is 456 g/mol. The number of rotatable bonds is 6. The van der Waals surface area contributed by atoms with Crippen molar-refractivity contribution in [3.8, 4) is 11.4 Å². The van der Waals surface area contributed by atoms with Crippen molar-refractivity contribution in [3.05, 3.63) is 70.4 Å². The lowest BCUT2D eigenvalue weighted by Crippen LogP contribution is -2.32. The van der Waals surface area contributed by atoms with Gasteiger partial charge in [0.15, 0.2) is 0 Å². The minimum atomic E-state index is -3.75. The summed E-state index contributed by atoms with van der Waals surface area (Å²) in [5.74, 6) is -0.293. The molecule has 9 nitrogen and oxygen atoms in total. The molecule has 0 radical (unpaired) electrons. The Balaban J connectivity index is 1.69. The Labute approximate surface area is 198 Å². The van der Waals surface area contributed by atoms with Crippen LogP contribution in [0.5, 0.6) is 5.75 Å². The number of nitrogens with zero attached hydrogens (tertiary/aromatic N) is 2. The summed E-state index contributed by atoms with van der Waals surface area (Å²) in [7, 11) is -2.32. The highest BCUT2D eigenvalue weighted by Gasteiger charge is 2.27. The number of amides is 1. The zero-order chi connectivity index (χ0) is 24.3. The summed E-state index contributed by atoms with van der Waals surface area (Å²) >= 11 is 0. The van der Waals surface area contributed by atoms with Crippen LogP contribution in [-0.2, 0) is 10.0 Å². The van der Waals surface area contributed by atoms with Crippen LogP contribution in [0.1, 0.15) is 41.7 Å². The quantitative estimate of drug-likeness (QED) is 0.557. The third-order valence-electron chi connectivity index (χ3n) is 5.97. The number of sulfonamides is 1. The number of methoxy groups -OCH3 is 1. The van der Waals surface area contributed by atoms with Crippen LogP contribution in [0.25, 0.3) is 5.69 Å². The van der Waals surface area contributed by atoms with Gasteiger partial charge in [-0.25, -0.2) is 13.2 Å². The van der Waals surface area contributed by atoms with Crippen molar-refractivity contribution in [1.29, 1.82) is 0 Å². The van der Waals surface area contributed by atoms with Crippen LogP contribution in [0.2, 0.25) is 0 Å².